The van der Waals surface area contributed by atoms with Crippen LogP contribution in [0, 0.1) is 10.1 Å². The van der Waals surface area contributed by atoms with Crippen molar-refractivity contribution < 1.29 is 14.8 Å². The van der Waals surface area contributed by atoms with Crippen molar-refractivity contribution in [2.75, 3.05) is 0 Å². The molecule has 3 aromatic rings. The van der Waals surface area contributed by atoms with Gasteiger partial charge in [0.15, 0.2) is 17.1 Å². The first kappa shape index (κ1) is 18.7. The van der Waals surface area contributed by atoms with Gasteiger partial charge in [0.2, 0.25) is 5.78 Å². The maximum absolute atomic E-state index is 12.9. The first-order valence-electron chi connectivity index (χ1n) is 8.31. The zero-order valence-corrected chi connectivity index (χ0v) is 14.6. The number of hydrogen-bond acceptors (Lipinski definition) is 6. The van der Waals surface area contributed by atoms with Gasteiger partial charge in [-0.05, 0) is 6.07 Å². The van der Waals surface area contributed by atoms with Gasteiger partial charge in [0, 0.05) is 17.2 Å². The Labute approximate surface area is 160 Å². The van der Waals surface area contributed by atoms with E-state index in [1.54, 1.807) is 66.7 Å². The van der Waals surface area contributed by atoms with Crippen LogP contribution < -0.4 is 0 Å². The largest absolute Gasteiger partial charge is 0.505 e. The maximum atomic E-state index is 12.9. The number of allylic oxidation sites excluding steroid dienone is 1. The Kier molecular flexibility index (Phi) is 5.66. The molecule has 3 aromatic carbocycles. The number of para-hydroxylation sites is 1. The third-order valence-electron chi connectivity index (χ3n) is 3.86. The molecule has 0 amide bonds. The highest BCUT2D eigenvalue weighted by atomic mass is 16.6. The fraction of sp³-hybridized carbons (Fsp3) is 0. The van der Waals surface area contributed by atoms with Crippen LogP contribution in [-0.4, -0.2) is 15.8 Å². The molecule has 0 aliphatic rings. The molecule has 0 radical (unpaired) electrons. The molecule has 0 aromatic heterocycles. The first-order valence-corrected chi connectivity index (χ1v) is 8.31. The van der Waals surface area contributed by atoms with Crippen molar-refractivity contribution in [1.82, 2.24) is 0 Å². The third-order valence-corrected chi connectivity index (χ3v) is 3.86. The van der Waals surface area contributed by atoms with Crippen molar-refractivity contribution in [3.8, 4) is 0 Å². The Morgan fingerprint density at radius 2 is 1.36 bits per heavy atom. The van der Waals surface area contributed by atoms with Crippen molar-refractivity contribution >= 4 is 22.9 Å². The lowest BCUT2D eigenvalue weighted by molar-refractivity contribution is -0.384. The Morgan fingerprint density at radius 3 is 1.96 bits per heavy atom. The number of aliphatic hydroxyl groups excluding tert-OH is 1. The monoisotopic (exact) mass is 373 g/mol. The highest BCUT2D eigenvalue weighted by Gasteiger charge is 2.19. The Bertz CT molecular complexity index is 1060. The van der Waals surface area contributed by atoms with Crippen molar-refractivity contribution in [3.05, 3.63) is 112 Å². The topological polar surface area (TPSA) is 105 Å². The standard InChI is InChI=1S/C21H15N3O4/c25-20(15-9-3-1-4-10-15)19(21(26)16-11-5-2-6-12-16)23-22-17-13-7-8-14-18(17)24(27)28/h1-14,25H. The smallest absolute Gasteiger partial charge is 0.296 e. The number of hydrogen-bond donors (Lipinski definition) is 1. The Balaban J connectivity index is 2.10. The summed E-state index contributed by atoms with van der Waals surface area (Å²) in [5, 5.41) is 29.5. The molecule has 0 spiro atoms. The number of aliphatic hydroxyl groups is 1. The SMILES string of the molecule is O=C(C(N=Nc1ccccc1[N+](=O)[O-])=C(O)c1ccccc1)c1ccccc1. The Morgan fingerprint density at radius 1 is 0.821 bits per heavy atom. The first-order chi connectivity index (χ1) is 13.6. The van der Waals surface area contributed by atoms with E-state index in [-0.39, 0.29) is 22.8 Å². The summed E-state index contributed by atoms with van der Waals surface area (Å²) in [5.74, 6) is -0.916. The second-order valence-corrected chi connectivity index (χ2v) is 5.70. The van der Waals surface area contributed by atoms with E-state index in [0.717, 1.165) is 0 Å². The van der Waals surface area contributed by atoms with Gasteiger partial charge in [-0.25, -0.2) is 0 Å². The molecule has 0 aliphatic carbocycles. The molecule has 1 N–H and O–H groups in total. The van der Waals surface area contributed by atoms with Crippen molar-refractivity contribution in [2.24, 2.45) is 10.2 Å². The summed E-state index contributed by atoms with van der Waals surface area (Å²) in [6.45, 7) is 0. The minimum absolute atomic E-state index is 0.0216. The molecular formula is C21H15N3O4. The van der Waals surface area contributed by atoms with Crippen molar-refractivity contribution in [1.29, 1.82) is 0 Å². The molecule has 0 atom stereocenters. The van der Waals surface area contributed by atoms with Crippen molar-refractivity contribution in [3.63, 3.8) is 0 Å². The van der Waals surface area contributed by atoms with E-state index in [4.69, 9.17) is 0 Å². The summed E-state index contributed by atoms with van der Waals surface area (Å²) in [5.41, 5.74) is 0.101. The van der Waals surface area contributed by atoms with Crippen LogP contribution >= 0.6 is 0 Å². The zero-order valence-electron chi connectivity index (χ0n) is 14.6. The van der Waals surface area contributed by atoms with Crippen LogP contribution in [0.5, 0.6) is 0 Å². The fourth-order valence-electron chi connectivity index (χ4n) is 2.47. The van der Waals surface area contributed by atoms with E-state index in [1.165, 1.54) is 18.2 Å². The van der Waals surface area contributed by atoms with Gasteiger partial charge in [0.25, 0.3) is 5.69 Å². The van der Waals surface area contributed by atoms with Crippen molar-refractivity contribution in [2.45, 2.75) is 0 Å². The number of nitro benzene ring substituents is 1. The molecular weight excluding hydrogens is 358 g/mol. The summed E-state index contributed by atoms with van der Waals surface area (Å²) in [6.07, 6.45) is 0. The fourth-order valence-corrected chi connectivity index (χ4v) is 2.47. The average Bonchev–Trinajstić information content (AvgIpc) is 2.75. The van der Waals surface area contributed by atoms with E-state index in [0.29, 0.717) is 11.1 Å². The van der Waals surface area contributed by atoms with Gasteiger partial charge >= 0.3 is 0 Å². The van der Waals surface area contributed by atoms with E-state index >= 15 is 0 Å². The molecule has 0 bridgehead atoms. The van der Waals surface area contributed by atoms with Crippen LogP contribution in [-0.2, 0) is 0 Å². The summed E-state index contributed by atoms with van der Waals surface area (Å²) in [6, 6.07) is 22.5. The van der Waals surface area contributed by atoms with E-state index in [2.05, 4.69) is 10.2 Å². The molecule has 0 aliphatic heterocycles. The predicted octanol–water partition coefficient (Wildman–Crippen LogP) is 5.49. The number of ketones is 1. The van der Waals surface area contributed by atoms with E-state index in [9.17, 15) is 20.0 Å². The lowest BCUT2D eigenvalue weighted by Crippen LogP contribution is -2.04. The summed E-state index contributed by atoms with van der Waals surface area (Å²) >= 11 is 0. The number of nitro groups is 1. The summed E-state index contributed by atoms with van der Waals surface area (Å²) < 4.78 is 0. The molecule has 3 rings (SSSR count). The van der Waals surface area contributed by atoms with Crippen LogP contribution in [0.25, 0.3) is 5.76 Å². The second-order valence-electron chi connectivity index (χ2n) is 5.70. The molecule has 0 fully saturated rings. The lowest BCUT2D eigenvalue weighted by atomic mass is 10.1. The molecule has 7 heteroatoms. The van der Waals surface area contributed by atoms with Gasteiger partial charge in [0.05, 0.1) is 4.92 Å². The number of carbonyl (C=O) groups excluding carboxylic acids is 1. The number of nitrogens with zero attached hydrogens (tertiary/aromatic N) is 3. The minimum Gasteiger partial charge on any atom is -0.505 e. The van der Waals surface area contributed by atoms with Gasteiger partial charge in [-0.1, -0.05) is 72.8 Å². The van der Waals surface area contributed by atoms with Gasteiger partial charge in [-0.2, -0.15) is 0 Å². The molecule has 0 heterocycles. The van der Waals surface area contributed by atoms with Crippen LogP contribution in [0.1, 0.15) is 15.9 Å². The molecule has 28 heavy (non-hydrogen) atoms. The van der Waals surface area contributed by atoms with Gasteiger partial charge in [-0.3, -0.25) is 14.9 Å². The lowest BCUT2D eigenvalue weighted by Gasteiger charge is -2.06. The average molecular weight is 373 g/mol. The number of carbonyl (C=O) groups is 1. The second kappa shape index (κ2) is 8.50. The summed E-state index contributed by atoms with van der Waals surface area (Å²) in [4.78, 5) is 23.5. The Hall–Kier alpha value is -4.13. The number of benzene rings is 3. The molecule has 0 saturated heterocycles. The normalized spacial score (nSPS) is 11.9. The summed E-state index contributed by atoms with van der Waals surface area (Å²) in [7, 11) is 0. The maximum Gasteiger partial charge on any atom is 0.296 e. The van der Waals surface area contributed by atoms with Crippen LogP contribution in [0.3, 0.4) is 0 Å². The minimum atomic E-state index is -0.589. The van der Waals surface area contributed by atoms with Gasteiger partial charge < -0.3 is 5.11 Å². The predicted molar refractivity (Wildman–Crippen MR) is 104 cm³/mol. The number of Topliss-reactive ketones (excluding diaryl/α,β-unsaturated/α-hetero) is 1. The van der Waals surface area contributed by atoms with Gasteiger partial charge in [-0.15, -0.1) is 10.2 Å². The van der Waals surface area contributed by atoms with Crippen LogP contribution in [0.4, 0.5) is 11.4 Å². The zero-order chi connectivity index (χ0) is 19.9. The van der Waals surface area contributed by atoms with Gasteiger partial charge in [0.1, 0.15) is 0 Å². The number of azo groups is 1. The quantitative estimate of drug-likeness (QED) is 0.154. The third kappa shape index (κ3) is 4.16. The van der Waals surface area contributed by atoms with Crippen LogP contribution in [0.2, 0.25) is 0 Å². The molecule has 138 valence electrons. The molecule has 0 unspecified atom stereocenters. The number of rotatable bonds is 6. The molecule has 0 saturated carbocycles. The highest BCUT2D eigenvalue weighted by molar-refractivity contribution is 6.12. The van der Waals surface area contributed by atoms with E-state index < -0.39 is 10.7 Å². The molecule has 7 nitrogen and oxygen atoms in total. The van der Waals surface area contributed by atoms with Crippen LogP contribution in [0.15, 0.2) is 101 Å². The highest BCUT2D eigenvalue weighted by Crippen LogP contribution is 2.29. The van der Waals surface area contributed by atoms with E-state index in [1.807, 2.05) is 0 Å².